The van der Waals surface area contributed by atoms with Gasteiger partial charge >= 0.3 is 0 Å². The van der Waals surface area contributed by atoms with E-state index < -0.39 is 31.3 Å². The van der Waals surface area contributed by atoms with Gasteiger partial charge in [0.15, 0.2) is 0 Å². The first-order valence-corrected chi connectivity index (χ1v) is 9.62. The Balaban J connectivity index is 2.11. The quantitative estimate of drug-likeness (QED) is 0.752. The van der Waals surface area contributed by atoms with E-state index in [4.69, 9.17) is 5.73 Å². The summed E-state index contributed by atoms with van der Waals surface area (Å²) in [5, 5.41) is -0.579. The van der Waals surface area contributed by atoms with E-state index in [9.17, 15) is 16.8 Å². The molecule has 0 amide bonds. The van der Waals surface area contributed by atoms with E-state index >= 15 is 0 Å². The van der Waals surface area contributed by atoms with Gasteiger partial charge in [0.1, 0.15) is 9.84 Å². The number of hydrogen-bond donors (Lipinski definition) is 1. The number of rotatable bonds is 2. The zero-order chi connectivity index (χ0) is 13.4. The summed E-state index contributed by atoms with van der Waals surface area (Å²) < 4.78 is 48.9. The Morgan fingerprint density at radius 3 is 2.22 bits per heavy atom. The molecule has 0 aromatic rings. The second-order valence-electron chi connectivity index (χ2n) is 5.07. The molecule has 2 fully saturated rings. The van der Waals surface area contributed by atoms with Crippen molar-refractivity contribution in [1.29, 1.82) is 0 Å². The van der Waals surface area contributed by atoms with Gasteiger partial charge in [0.2, 0.25) is 10.0 Å². The molecule has 0 spiro atoms. The van der Waals surface area contributed by atoms with Crippen LogP contribution >= 0.6 is 0 Å². The number of nitrogens with two attached hydrogens (primary N) is 1. The number of sulfone groups is 1. The van der Waals surface area contributed by atoms with Gasteiger partial charge in [0.25, 0.3) is 0 Å². The molecular weight excluding hydrogens is 276 g/mol. The van der Waals surface area contributed by atoms with Crippen LogP contribution in [0.15, 0.2) is 0 Å². The highest BCUT2D eigenvalue weighted by molar-refractivity contribution is 7.92. The van der Waals surface area contributed by atoms with Crippen molar-refractivity contribution in [2.24, 2.45) is 5.73 Å². The summed E-state index contributed by atoms with van der Waals surface area (Å²) in [6.45, 7) is 0.465. The molecule has 0 aromatic heterocycles. The zero-order valence-electron chi connectivity index (χ0n) is 10.3. The molecular formula is C10H20N2O4S2. The van der Waals surface area contributed by atoms with Gasteiger partial charge in [-0.3, -0.25) is 0 Å². The van der Waals surface area contributed by atoms with Crippen LogP contribution in [-0.4, -0.2) is 50.6 Å². The van der Waals surface area contributed by atoms with Gasteiger partial charge in [0.05, 0.1) is 22.9 Å². The van der Waals surface area contributed by atoms with Crippen molar-refractivity contribution < 1.29 is 16.8 Å². The van der Waals surface area contributed by atoms with E-state index in [0.29, 0.717) is 13.0 Å². The molecule has 2 saturated heterocycles. The minimum absolute atomic E-state index is 0.0278. The van der Waals surface area contributed by atoms with Gasteiger partial charge in [-0.2, -0.15) is 4.31 Å². The molecule has 1 unspecified atom stereocenters. The summed E-state index contributed by atoms with van der Waals surface area (Å²) in [5.41, 5.74) is 5.85. The Morgan fingerprint density at radius 1 is 1.06 bits per heavy atom. The average Bonchev–Trinajstić information content (AvgIpc) is 2.28. The Labute approximate surface area is 108 Å². The Kier molecular flexibility index (Phi) is 4.01. The van der Waals surface area contributed by atoms with Crippen molar-refractivity contribution in [3.8, 4) is 0 Å². The number of piperidine rings is 1. The van der Waals surface area contributed by atoms with Crippen LogP contribution in [0, 0.1) is 0 Å². The summed E-state index contributed by atoms with van der Waals surface area (Å²) >= 11 is 0. The average molecular weight is 296 g/mol. The first-order valence-electron chi connectivity index (χ1n) is 6.29. The summed E-state index contributed by atoms with van der Waals surface area (Å²) in [4.78, 5) is 0. The fourth-order valence-electron chi connectivity index (χ4n) is 2.60. The Bertz CT molecular complexity index is 486. The van der Waals surface area contributed by atoms with Crippen LogP contribution in [0.3, 0.4) is 0 Å². The second-order valence-corrected chi connectivity index (χ2v) is 9.54. The maximum atomic E-state index is 12.4. The molecule has 18 heavy (non-hydrogen) atoms. The van der Waals surface area contributed by atoms with E-state index in [0.717, 1.165) is 12.8 Å². The van der Waals surface area contributed by atoms with Crippen LogP contribution < -0.4 is 5.73 Å². The standard InChI is InChI=1S/C10H20N2O4S2/c11-10-3-1-2-6-12(10)18(15,16)9-4-7-17(13,14)8-5-9/h9-10H,1-8,11H2. The van der Waals surface area contributed by atoms with Gasteiger partial charge in [-0.15, -0.1) is 0 Å². The molecule has 0 aliphatic carbocycles. The molecule has 0 radical (unpaired) electrons. The first-order chi connectivity index (χ1) is 8.33. The maximum absolute atomic E-state index is 12.4. The minimum Gasteiger partial charge on any atom is -0.315 e. The summed E-state index contributed by atoms with van der Waals surface area (Å²) in [6.07, 6.45) is 2.43. The second kappa shape index (κ2) is 5.07. The fraction of sp³-hybridized carbons (Fsp3) is 1.00. The molecule has 2 rings (SSSR count). The van der Waals surface area contributed by atoms with Gasteiger partial charge in [-0.25, -0.2) is 16.8 Å². The van der Waals surface area contributed by atoms with Crippen LogP contribution in [0.5, 0.6) is 0 Å². The summed E-state index contributed by atoms with van der Waals surface area (Å²) in [5.74, 6) is -0.0556. The largest absolute Gasteiger partial charge is 0.315 e. The topological polar surface area (TPSA) is 97.5 Å². The molecule has 0 saturated carbocycles. The predicted molar refractivity (Wildman–Crippen MR) is 69.1 cm³/mol. The van der Waals surface area contributed by atoms with E-state index in [2.05, 4.69) is 0 Å². The van der Waals surface area contributed by atoms with Crippen LogP contribution in [0.2, 0.25) is 0 Å². The third kappa shape index (κ3) is 2.87. The molecule has 6 nitrogen and oxygen atoms in total. The van der Waals surface area contributed by atoms with Crippen molar-refractivity contribution in [3.05, 3.63) is 0 Å². The lowest BCUT2D eigenvalue weighted by Gasteiger charge is -2.35. The third-order valence-corrected chi connectivity index (χ3v) is 7.88. The first kappa shape index (κ1) is 14.2. The van der Waals surface area contributed by atoms with E-state index in [-0.39, 0.29) is 24.3 Å². The molecule has 1 atom stereocenters. The van der Waals surface area contributed by atoms with Crippen LogP contribution in [-0.2, 0) is 19.9 Å². The Hall–Kier alpha value is -0.180. The SMILES string of the molecule is NC1CCCCN1S(=O)(=O)C1CCS(=O)(=O)CC1. The molecule has 2 heterocycles. The van der Waals surface area contributed by atoms with Gasteiger partial charge < -0.3 is 5.73 Å². The van der Waals surface area contributed by atoms with Crippen LogP contribution in [0.25, 0.3) is 0 Å². The molecule has 0 aromatic carbocycles. The van der Waals surface area contributed by atoms with Crippen LogP contribution in [0.1, 0.15) is 32.1 Å². The van der Waals surface area contributed by atoms with Crippen molar-refractivity contribution in [3.63, 3.8) is 0 Å². The van der Waals surface area contributed by atoms with E-state index in [1.165, 1.54) is 4.31 Å². The van der Waals surface area contributed by atoms with Gasteiger partial charge in [-0.1, -0.05) is 0 Å². The van der Waals surface area contributed by atoms with E-state index in [1.807, 2.05) is 0 Å². The van der Waals surface area contributed by atoms with E-state index in [1.54, 1.807) is 0 Å². The molecule has 8 heteroatoms. The highest BCUT2D eigenvalue weighted by Gasteiger charge is 2.39. The molecule has 106 valence electrons. The molecule has 2 aliphatic heterocycles. The van der Waals surface area contributed by atoms with Gasteiger partial charge in [-0.05, 0) is 32.1 Å². The van der Waals surface area contributed by atoms with Crippen molar-refractivity contribution >= 4 is 19.9 Å². The number of nitrogens with zero attached hydrogens (tertiary/aromatic N) is 1. The van der Waals surface area contributed by atoms with Gasteiger partial charge in [0, 0.05) is 6.54 Å². The summed E-state index contributed by atoms with van der Waals surface area (Å²) in [7, 11) is -6.47. The third-order valence-electron chi connectivity index (χ3n) is 3.75. The molecule has 0 bridgehead atoms. The van der Waals surface area contributed by atoms with Crippen molar-refractivity contribution in [2.75, 3.05) is 18.1 Å². The number of sulfonamides is 1. The lowest BCUT2D eigenvalue weighted by atomic mass is 10.1. The van der Waals surface area contributed by atoms with Crippen molar-refractivity contribution in [2.45, 2.75) is 43.5 Å². The number of hydrogen-bond acceptors (Lipinski definition) is 5. The fourth-order valence-corrected chi connectivity index (χ4v) is 6.48. The smallest absolute Gasteiger partial charge is 0.218 e. The predicted octanol–water partition coefficient (Wildman–Crippen LogP) is -0.336. The highest BCUT2D eigenvalue weighted by atomic mass is 32.2. The molecule has 2 N–H and O–H groups in total. The molecule has 2 aliphatic rings. The normalized spacial score (nSPS) is 31.3. The lowest BCUT2D eigenvalue weighted by molar-refractivity contribution is 0.254. The van der Waals surface area contributed by atoms with Crippen LogP contribution in [0.4, 0.5) is 0 Å². The lowest BCUT2D eigenvalue weighted by Crippen LogP contribution is -2.52. The van der Waals surface area contributed by atoms with Crippen molar-refractivity contribution in [1.82, 2.24) is 4.31 Å². The maximum Gasteiger partial charge on any atom is 0.218 e. The monoisotopic (exact) mass is 296 g/mol. The zero-order valence-corrected chi connectivity index (χ0v) is 11.9. The highest BCUT2D eigenvalue weighted by Crippen LogP contribution is 2.26. The summed E-state index contributed by atoms with van der Waals surface area (Å²) in [6, 6.07) is 0. The Morgan fingerprint density at radius 2 is 1.67 bits per heavy atom. The minimum atomic E-state index is -3.44.